The van der Waals surface area contributed by atoms with Crippen LogP contribution in [0.5, 0.6) is 11.5 Å². The van der Waals surface area contributed by atoms with E-state index >= 15 is 0 Å². The number of para-hydroxylation sites is 1. The molecule has 1 fully saturated rings. The van der Waals surface area contributed by atoms with Gasteiger partial charge < -0.3 is 9.84 Å². The van der Waals surface area contributed by atoms with E-state index in [1.165, 1.54) is 16.4 Å². The lowest BCUT2D eigenvalue weighted by atomic mass is 9.89. The van der Waals surface area contributed by atoms with Gasteiger partial charge in [-0.3, -0.25) is 0 Å². The van der Waals surface area contributed by atoms with E-state index in [-0.39, 0.29) is 20.9 Å². The van der Waals surface area contributed by atoms with Crippen molar-refractivity contribution in [1.29, 1.82) is 0 Å². The van der Waals surface area contributed by atoms with Crippen LogP contribution in [0.2, 0.25) is 10.0 Å². The van der Waals surface area contributed by atoms with Gasteiger partial charge in [-0.1, -0.05) is 41.4 Å². The monoisotopic (exact) mass is 415 g/mol. The minimum Gasteiger partial charge on any atom is -0.505 e. The molecule has 5 nitrogen and oxygen atoms in total. The molecule has 8 heteroatoms. The third-order valence-corrected chi connectivity index (χ3v) is 7.06. The molecule has 0 aliphatic carbocycles. The molecule has 1 aliphatic heterocycles. The van der Waals surface area contributed by atoms with Crippen molar-refractivity contribution >= 4 is 33.2 Å². The summed E-state index contributed by atoms with van der Waals surface area (Å²) in [4.78, 5) is -0.259. The van der Waals surface area contributed by atoms with E-state index < -0.39 is 15.8 Å². The van der Waals surface area contributed by atoms with Crippen molar-refractivity contribution in [3.8, 4) is 11.5 Å². The number of hydrogen-bond donors (Lipinski definition) is 1. The van der Waals surface area contributed by atoms with Gasteiger partial charge in [0, 0.05) is 18.1 Å². The van der Waals surface area contributed by atoms with E-state index in [0.29, 0.717) is 25.9 Å². The summed E-state index contributed by atoms with van der Waals surface area (Å²) in [7, 11) is -2.25. The second kappa shape index (κ2) is 7.64. The van der Waals surface area contributed by atoms with Crippen LogP contribution >= 0.6 is 23.2 Å². The van der Waals surface area contributed by atoms with Gasteiger partial charge in [0.1, 0.15) is 10.6 Å². The zero-order chi connectivity index (χ0) is 18.9. The summed E-state index contributed by atoms with van der Waals surface area (Å²) in [6, 6.07) is 10.3. The van der Waals surface area contributed by atoms with Crippen LogP contribution in [0.3, 0.4) is 0 Å². The molecule has 2 aromatic carbocycles. The number of sulfonamides is 1. The Balaban J connectivity index is 1.81. The quantitative estimate of drug-likeness (QED) is 0.808. The number of phenolic OH excluding ortho intramolecular Hbond substituents is 1. The standard InChI is InChI=1S/C18H19Cl2NO4S/c1-25-16-5-3-2-4-14(16)12-6-8-21(9-7-12)26(23,24)17-11-13(19)10-15(20)18(17)22/h2-5,10-12,22H,6-9H2,1H3. The molecule has 0 amide bonds. The molecule has 3 rings (SSSR count). The molecule has 0 unspecified atom stereocenters. The van der Waals surface area contributed by atoms with E-state index in [9.17, 15) is 13.5 Å². The predicted molar refractivity (Wildman–Crippen MR) is 102 cm³/mol. The van der Waals surface area contributed by atoms with Crippen LogP contribution in [-0.4, -0.2) is 38.0 Å². The number of nitrogens with zero attached hydrogens (tertiary/aromatic N) is 1. The Kier molecular flexibility index (Phi) is 5.67. The van der Waals surface area contributed by atoms with Gasteiger partial charge in [-0.15, -0.1) is 0 Å². The van der Waals surface area contributed by atoms with E-state index in [4.69, 9.17) is 27.9 Å². The highest BCUT2D eigenvalue weighted by Crippen LogP contribution is 2.39. The Hall–Kier alpha value is -1.47. The first-order valence-electron chi connectivity index (χ1n) is 8.15. The molecule has 0 spiro atoms. The van der Waals surface area contributed by atoms with Crippen molar-refractivity contribution in [2.45, 2.75) is 23.7 Å². The number of methoxy groups -OCH3 is 1. The SMILES string of the molecule is COc1ccccc1C1CCN(S(=O)(=O)c2cc(Cl)cc(Cl)c2O)CC1. The van der Waals surface area contributed by atoms with Crippen molar-refractivity contribution in [3.05, 3.63) is 52.0 Å². The van der Waals surface area contributed by atoms with Crippen molar-refractivity contribution in [2.75, 3.05) is 20.2 Å². The van der Waals surface area contributed by atoms with E-state index in [1.54, 1.807) is 7.11 Å². The average Bonchev–Trinajstić information content (AvgIpc) is 2.64. The fraction of sp³-hybridized carbons (Fsp3) is 0.333. The highest BCUT2D eigenvalue weighted by molar-refractivity contribution is 7.89. The van der Waals surface area contributed by atoms with Crippen LogP contribution in [0.4, 0.5) is 0 Å². The normalized spacial score (nSPS) is 16.6. The zero-order valence-corrected chi connectivity index (χ0v) is 16.5. The summed E-state index contributed by atoms with van der Waals surface area (Å²) < 4.78 is 32.6. The van der Waals surface area contributed by atoms with Gasteiger partial charge in [0.15, 0.2) is 5.75 Å². The van der Waals surface area contributed by atoms with Crippen LogP contribution in [-0.2, 0) is 10.0 Å². The van der Waals surface area contributed by atoms with E-state index in [1.807, 2.05) is 24.3 Å². The molecule has 1 saturated heterocycles. The number of piperidine rings is 1. The summed E-state index contributed by atoms with van der Waals surface area (Å²) in [6.45, 7) is 0.684. The number of ether oxygens (including phenoxy) is 1. The molecule has 1 heterocycles. The highest BCUT2D eigenvalue weighted by Gasteiger charge is 2.33. The average molecular weight is 416 g/mol. The number of aromatic hydroxyl groups is 1. The number of hydrogen-bond acceptors (Lipinski definition) is 4. The number of benzene rings is 2. The van der Waals surface area contributed by atoms with Crippen molar-refractivity contribution < 1.29 is 18.3 Å². The molecule has 0 aromatic heterocycles. The zero-order valence-electron chi connectivity index (χ0n) is 14.2. The molecule has 140 valence electrons. The topological polar surface area (TPSA) is 66.8 Å². The summed E-state index contributed by atoms with van der Waals surface area (Å²) in [6.07, 6.45) is 1.32. The van der Waals surface area contributed by atoms with E-state index in [2.05, 4.69) is 0 Å². The maximum atomic E-state index is 12.9. The summed E-state index contributed by atoms with van der Waals surface area (Å²) in [5.41, 5.74) is 1.08. The summed E-state index contributed by atoms with van der Waals surface area (Å²) in [5.74, 6) is 0.560. The molecule has 1 aliphatic rings. The first-order chi connectivity index (χ1) is 12.3. The predicted octanol–water partition coefficient (Wildman–Crippen LogP) is 4.28. The van der Waals surface area contributed by atoms with Crippen LogP contribution in [0.25, 0.3) is 0 Å². The molecule has 2 aromatic rings. The molecule has 26 heavy (non-hydrogen) atoms. The minimum absolute atomic E-state index is 0.0833. The maximum absolute atomic E-state index is 12.9. The second-order valence-electron chi connectivity index (χ2n) is 6.15. The second-order valence-corrected chi connectivity index (χ2v) is 8.90. The lowest BCUT2D eigenvalue weighted by Gasteiger charge is -2.32. The van der Waals surface area contributed by atoms with Crippen LogP contribution in [0, 0.1) is 0 Å². The van der Waals surface area contributed by atoms with Crippen LogP contribution < -0.4 is 4.74 Å². The Morgan fingerprint density at radius 1 is 1.15 bits per heavy atom. The molecule has 0 radical (unpaired) electrons. The first kappa shape index (κ1) is 19.3. The van der Waals surface area contributed by atoms with Gasteiger partial charge in [0.05, 0.1) is 12.1 Å². The number of rotatable bonds is 4. The molecular weight excluding hydrogens is 397 g/mol. The Morgan fingerprint density at radius 2 is 1.81 bits per heavy atom. The van der Waals surface area contributed by atoms with Crippen molar-refractivity contribution in [1.82, 2.24) is 4.31 Å². The van der Waals surface area contributed by atoms with Gasteiger partial charge in [0.2, 0.25) is 10.0 Å². The third-order valence-electron chi connectivity index (χ3n) is 4.64. The van der Waals surface area contributed by atoms with Gasteiger partial charge in [-0.2, -0.15) is 4.31 Å². The molecule has 0 atom stereocenters. The first-order valence-corrected chi connectivity index (χ1v) is 10.3. The van der Waals surface area contributed by atoms with Gasteiger partial charge >= 0.3 is 0 Å². The molecule has 0 saturated carbocycles. The summed E-state index contributed by atoms with van der Waals surface area (Å²) >= 11 is 11.8. The van der Waals surface area contributed by atoms with Gasteiger partial charge in [0.25, 0.3) is 0 Å². The lowest BCUT2D eigenvalue weighted by Crippen LogP contribution is -2.38. The van der Waals surface area contributed by atoms with Crippen LogP contribution in [0.15, 0.2) is 41.3 Å². The van der Waals surface area contributed by atoms with Gasteiger partial charge in [-0.25, -0.2) is 8.42 Å². The van der Waals surface area contributed by atoms with Crippen molar-refractivity contribution in [2.24, 2.45) is 0 Å². The Morgan fingerprint density at radius 3 is 2.46 bits per heavy atom. The Labute approximate surface area is 163 Å². The van der Waals surface area contributed by atoms with E-state index in [0.717, 1.165) is 11.3 Å². The third kappa shape index (κ3) is 3.64. The summed E-state index contributed by atoms with van der Waals surface area (Å²) in [5, 5.41) is 10.2. The Bertz CT molecular complexity index is 909. The lowest BCUT2D eigenvalue weighted by molar-refractivity contribution is 0.312. The number of halogens is 2. The molecule has 1 N–H and O–H groups in total. The highest BCUT2D eigenvalue weighted by atomic mass is 35.5. The minimum atomic E-state index is -3.88. The number of phenols is 1. The van der Waals surface area contributed by atoms with Crippen LogP contribution in [0.1, 0.15) is 24.3 Å². The molecular formula is C18H19Cl2NO4S. The fourth-order valence-corrected chi connectivity index (χ4v) is 5.50. The largest absolute Gasteiger partial charge is 0.505 e. The maximum Gasteiger partial charge on any atom is 0.246 e. The van der Waals surface area contributed by atoms with Crippen molar-refractivity contribution in [3.63, 3.8) is 0 Å². The fourth-order valence-electron chi connectivity index (χ4n) is 3.29. The van der Waals surface area contributed by atoms with Gasteiger partial charge in [-0.05, 0) is 42.5 Å². The molecule has 0 bridgehead atoms. The smallest absolute Gasteiger partial charge is 0.246 e.